The maximum atomic E-state index is 12.2. The first-order valence-electron chi connectivity index (χ1n) is 5.47. The van der Waals surface area contributed by atoms with Crippen molar-refractivity contribution in [3.05, 3.63) is 46.7 Å². The molecular formula is C12H12ClN3O2S. The van der Waals surface area contributed by atoms with Gasteiger partial charge in [0.15, 0.2) is 0 Å². The highest BCUT2D eigenvalue weighted by Crippen LogP contribution is 2.23. The van der Waals surface area contributed by atoms with Crippen LogP contribution in [-0.4, -0.2) is 18.4 Å². The van der Waals surface area contributed by atoms with Gasteiger partial charge in [-0.25, -0.2) is 23.1 Å². The molecule has 0 unspecified atom stereocenters. The summed E-state index contributed by atoms with van der Waals surface area (Å²) < 4.78 is 26.6. The molecule has 0 fully saturated rings. The Hall–Kier alpha value is -1.66. The predicted molar refractivity (Wildman–Crippen MR) is 73.8 cm³/mol. The number of halogens is 1. The zero-order valence-electron chi connectivity index (χ0n) is 10.4. The summed E-state index contributed by atoms with van der Waals surface area (Å²) in [7, 11) is -3.78. The van der Waals surface area contributed by atoms with Crippen molar-refractivity contribution in [2.45, 2.75) is 18.7 Å². The largest absolute Gasteiger partial charge is 0.265 e. The molecule has 1 aromatic heterocycles. The number of anilines is 1. The Morgan fingerprint density at radius 3 is 2.58 bits per heavy atom. The summed E-state index contributed by atoms with van der Waals surface area (Å²) in [5, 5.41) is 0.167. The summed E-state index contributed by atoms with van der Waals surface area (Å²) in [5.41, 5.74) is 1.55. The van der Waals surface area contributed by atoms with Gasteiger partial charge in [0, 0.05) is 11.9 Å². The average Bonchev–Trinajstić information content (AvgIpc) is 2.27. The second kappa shape index (κ2) is 5.14. The second-order valence-electron chi connectivity index (χ2n) is 4.06. The molecule has 1 aromatic carbocycles. The quantitative estimate of drug-likeness (QED) is 0.945. The van der Waals surface area contributed by atoms with Gasteiger partial charge in [-0.1, -0.05) is 17.7 Å². The van der Waals surface area contributed by atoms with Gasteiger partial charge in [-0.05, 0) is 37.6 Å². The number of nitrogens with one attached hydrogen (secondary N) is 1. The van der Waals surface area contributed by atoms with Crippen LogP contribution in [0, 0.1) is 13.8 Å². The zero-order valence-corrected chi connectivity index (χ0v) is 12.0. The van der Waals surface area contributed by atoms with Crippen LogP contribution in [0.25, 0.3) is 0 Å². The van der Waals surface area contributed by atoms with Crippen molar-refractivity contribution in [3.8, 4) is 0 Å². The van der Waals surface area contributed by atoms with Crippen LogP contribution < -0.4 is 4.72 Å². The number of aromatic nitrogens is 2. The Balaban J connectivity index is 2.38. The predicted octanol–water partition coefficient (Wildman–Crippen LogP) is 2.55. The van der Waals surface area contributed by atoms with E-state index < -0.39 is 10.0 Å². The molecule has 0 bridgehead atoms. The number of aryl methyl sites for hydroxylation is 2. The molecule has 0 aliphatic carbocycles. The highest BCUT2D eigenvalue weighted by Gasteiger charge is 2.19. The lowest BCUT2D eigenvalue weighted by atomic mass is 10.2. The number of rotatable bonds is 3. The maximum absolute atomic E-state index is 12.2. The maximum Gasteiger partial charge on any atom is 0.265 e. The van der Waals surface area contributed by atoms with Crippen LogP contribution in [0.15, 0.2) is 35.4 Å². The van der Waals surface area contributed by atoms with Gasteiger partial charge in [-0.15, -0.1) is 0 Å². The third kappa shape index (κ3) is 3.21. The molecule has 0 amide bonds. The Labute approximate surface area is 116 Å². The van der Waals surface area contributed by atoms with E-state index in [1.165, 1.54) is 12.3 Å². The van der Waals surface area contributed by atoms with Crippen molar-refractivity contribution in [2.75, 3.05) is 4.72 Å². The molecule has 100 valence electrons. The van der Waals surface area contributed by atoms with Gasteiger partial charge in [-0.3, -0.25) is 0 Å². The Kier molecular flexibility index (Phi) is 3.73. The topological polar surface area (TPSA) is 72.0 Å². The molecule has 0 radical (unpaired) electrons. The Bertz CT molecular complexity index is 717. The molecule has 1 N–H and O–H groups in total. The minimum absolute atomic E-state index is 0.00451. The fraction of sp³-hybridized carbons (Fsp3) is 0.167. The minimum Gasteiger partial charge on any atom is -0.247 e. The third-order valence-electron chi connectivity index (χ3n) is 2.40. The second-order valence-corrected chi connectivity index (χ2v) is 6.12. The summed E-state index contributed by atoms with van der Waals surface area (Å²) in [4.78, 5) is 7.84. The van der Waals surface area contributed by atoms with Crippen molar-refractivity contribution in [3.63, 3.8) is 0 Å². The van der Waals surface area contributed by atoms with E-state index in [1.54, 1.807) is 25.1 Å². The number of sulfonamides is 1. The van der Waals surface area contributed by atoms with E-state index >= 15 is 0 Å². The van der Waals surface area contributed by atoms with Crippen molar-refractivity contribution < 1.29 is 8.42 Å². The highest BCUT2D eigenvalue weighted by atomic mass is 35.5. The smallest absolute Gasteiger partial charge is 0.247 e. The zero-order chi connectivity index (χ0) is 14.0. The highest BCUT2D eigenvalue weighted by molar-refractivity contribution is 7.92. The van der Waals surface area contributed by atoms with E-state index in [9.17, 15) is 8.42 Å². The van der Waals surface area contributed by atoms with Crippen LogP contribution in [0.5, 0.6) is 0 Å². The van der Waals surface area contributed by atoms with Crippen molar-refractivity contribution in [1.29, 1.82) is 0 Å². The molecule has 0 saturated heterocycles. The Morgan fingerprint density at radius 2 is 1.95 bits per heavy atom. The monoisotopic (exact) mass is 297 g/mol. The lowest BCUT2D eigenvalue weighted by Crippen LogP contribution is -2.15. The summed E-state index contributed by atoms with van der Waals surface area (Å²) in [6, 6.07) is 6.40. The number of hydrogen-bond acceptors (Lipinski definition) is 4. The van der Waals surface area contributed by atoms with Crippen LogP contribution in [0.2, 0.25) is 5.02 Å². The third-order valence-corrected chi connectivity index (χ3v) is 4.21. The van der Waals surface area contributed by atoms with Crippen LogP contribution in [0.1, 0.15) is 11.3 Å². The molecule has 2 aromatic rings. The van der Waals surface area contributed by atoms with E-state index in [0.29, 0.717) is 5.69 Å². The number of hydrogen-bond donors (Lipinski definition) is 1. The molecule has 0 saturated carbocycles. The summed E-state index contributed by atoms with van der Waals surface area (Å²) in [5.74, 6) is 0.0247. The van der Waals surface area contributed by atoms with E-state index in [4.69, 9.17) is 11.6 Å². The fourth-order valence-corrected chi connectivity index (χ4v) is 3.05. The van der Waals surface area contributed by atoms with Crippen LogP contribution in [0.4, 0.5) is 5.95 Å². The van der Waals surface area contributed by atoms with E-state index in [0.717, 1.165) is 5.56 Å². The summed E-state index contributed by atoms with van der Waals surface area (Å²) >= 11 is 5.95. The number of benzene rings is 1. The van der Waals surface area contributed by atoms with Gasteiger partial charge in [0.25, 0.3) is 10.0 Å². The van der Waals surface area contributed by atoms with Gasteiger partial charge in [-0.2, -0.15) is 0 Å². The molecule has 0 aliphatic rings. The van der Waals surface area contributed by atoms with Crippen LogP contribution in [-0.2, 0) is 10.0 Å². The van der Waals surface area contributed by atoms with Crippen LogP contribution >= 0.6 is 11.6 Å². The van der Waals surface area contributed by atoms with Crippen LogP contribution in [0.3, 0.4) is 0 Å². The average molecular weight is 298 g/mol. The van der Waals surface area contributed by atoms with Crippen molar-refractivity contribution >= 4 is 27.6 Å². The molecule has 2 rings (SSSR count). The molecule has 1 heterocycles. The SMILES string of the molecule is Cc1ccc(S(=O)(=O)Nc2nccc(C)n2)c(Cl)c1. The lowest BCUT2D eigenvalue weighted by Gasteiger charge is -2.08. The minimum atomic E-state index is -3.78. The first kappa shape index (κ1) is 13.8. The molecule has 7 heteroatoms. The van der Waals surface area contributed by atoms with Gasteiger partial charge in [0.1, 0.15) is 4.90 Å². The van der Waals surface area contributed by atoms with Gasteiger partial charge >= 0.3 is 0 Å². The molecule has 5 nitrogen and oxygen atoms in total. The first-order valence-corrected chi connectivity index (χ1v) is 7.33. The number of nitrogens with zero attached hydrogens (tertiary/aromatic N) is 2. The van der Waals surface area contributed by atoms with Crippen molar-refractivity contribution in [2.24, 2.45) is 0 Å². The molecule has 0 atom stereocenters. The van der Waals surface area contributed by atoms with Crippen molar-refractivity contribution in [1.82, 2.24) is 9.97 Å². The summed E-state index contributed by atoms with van der Waals surface area (Å²) in [6.07, 6.45) is 1.48. The standard InChI is InChI=1S/C12H12ClN3O2S/c1-8-3-4-11(10(13)7-8)19(17,18)16-12-14-6-5-9(2)15-12/h3-7H,1-2H3,(H,14,15,16). The molecule has 19 heavy (non-hydrogen) atoms. The first-order chi connectivity index (χ1) is 8.88. The molecule has 0 aliphatic heterocycles. The molecule has 0 spiro atoms. The van der Waals surface area contributed by atoms with Gasteiger partial charge < -0.3 is 0 Å². The van der Waals surface area contributed by atoms with E-state index in [2.05, 4.69) is 14.7 Å². The fourth-order valence-electron chi connectivity index (χ4n) is 1.50. The normalized spacial score (nSPS) is 11.3. The van der Waals surface area contributed by atoms with E-state index in [-0.39, 0.29) is 15.9 Å². The lowest BCUT2D eigenvalue weighted by molar-refractivity contribution is 0.601. The van der Waals surface area contributed by atoms with E-state index in [1.807, 2.05) is 6.92 Å². The van der Waals surface area contributed by atoms with Gasteiger partial charge in [0.05, 0.1) is 5.02 Å². The molecular weight excluding hydrogens is 286 g/mol. The Morgan fingerprint density at radius 1 is 1.21 bits per heavy atom. The van der Waals surface area contributed by atoms with Gasteiger partial charge in [0.2, 0.25) is 5.95 Å². The summed E-state index contributed by atoms with van der Waals surface area (Å²) in [6.45, 7) is 3.58.